The van der Waals surface area contributed by atoms with E-state index < -0.39 is 0 Å². The van der Waals surface area contributed by atoms with E-state index in [4.69, 9.17) is 0 Å². The number of rotatable bonds is 5. The van der Waals surface area contributed by atoms with Gasteiger partial charge in [0.05, 0.1) is 0 Å². The van der Waals surface area contributed by atoms with Crippen molar-refractivity contribution in [3.05, 3.63) is 65.2 Å². The predicted octanol–water partition coefficient (Wildman–Crippen LogP) is 1.93. The average Bonchev–Trinajstić information content (AvgIpc) is 2.72. The molecule has 6 nitrogen and oxygen atoms in total. The summed E-state index contributed by atoms with van der Waals surface area (Å²) in [7, 11) is 0. The van der Waals surface area contributed by atoms with Crippen LogP contribution in [-0.2, 0) is 6.54 Å². The van der Waals surface area contributed by atoms with Gasteiger partial charge in [0.2, 0.25) is 0 Å². The summed E-state index contributed by atoms with van der Waals surface area (Å²) in [4.78, 5) is 33.2. The molecule has 2 amide bonds. The standard InChI is InChI=1S/C20H23FN4O2/c1-2-24-9-11-25(12-10-24)20(27)16-7-8-22-18(13-16)19(26)23-14-15-3-5-17(21)6-4-15/h3-8,13H,2,9-12,14H2,1H3,(H,23,26). The Morgan fingerprint density at radius 2 is 1.81 bits per heavy atom. The van der Waals surface area contributed by atoms with E-state index in [9.17, 15) is 14.0 Å². The van der Waals surface area contributed by atoms with Crippen molar-refractivity contribution in [1.29, 1.82) is 0 Å². The van der Waals surface area contributed by atoms with E-state index in [2.05, 4.69) is 22.1 Å². The number of hydrogen-bond donors (Lipinski definition) is 1. The Kier molecular flexibility index (Phi) is 6.13. The summed E-state index contributed by atoms with van der Waals surface area (Å²) in [6.07, 6.45) is 1.47. The van der Waals surface area contributed by atoms with Crippen LogP contribution >= 0.6 is 0 Å². The second-order valence-electron chi connectivity index (χ2n) is 6.47. The van der Waals surface area contributed by atoms with Crippen LogP contribution in [0.3, 0.4) is 0 Å². The van der Waals surface area contributed by atoms with Crippen molar-refractivity contribution in [1.82, 2.24) is 20.1 Å². The van der Waals surface area contributed by atoms with Crippen LogP contribution in [0.5, 0.6) is 0 Å². The quantitative estimate of drug-likeness (QED) is 0.874. The molecular formula is C20H23FN4O2. The largest absolute Gasteiger partial charge is 0.347 e. The van der Waals surface area contributed by atoms with Crippen molar-refractivity contribution in [2.45, 2.75) is 13.5 Å². The fraction of sp³-hybridized carbons (Fsp3) is 0.350. The molecule has 3 rings (SSSR count). The van der Waals surface area contributed by atoms with Crippen LogP contribution in [0.4, 0.5) is 4.39 Å². The van der Waals surface area contributed by atoms with E-state index in [-0.39, 0.29) is 29.9 Å². The first kappa shape index (κ1) is 19.0. The van der Waals surface area contributed by atoms with Crippen molar-refractivity contribution in [2.24, 2.45) is 0 Å². The van der Waals surface area contributed by atoms with Gasteiger partial charge < -0.3 is 15.1 Å². The Labute approximate surface area is 158 Å². The highest BCUT2D eigenvalue weighted by Crippen LogP contribution is 2.10. The van der Waals surface area contributed by atoms with Gasteiger partial charge in [-0.1, -0.05) is 19.1 Å². The van der Waals surface area contributed by atoms with Crippen LogP contribution < -0.4 is 5.32 Å². The van der Waals surface area contributed by atoms with Crippen LogP contribution in [0.1, 0.15) is 33.3 Å². The number of aromatic nitrogens is 1. The number of nitrogens with one attached hydrogen (secondary N) is 1. The highest BCUT2D eigenvalue weighted by molar-refractivity contribution is 5.98. The van der Waals surface area contributed by atoms with Crippen molar-refractivity contribution in [2.75, 3.05) is 32.7 Å². The first-order valence-corrected chi connectivity index (χ1v) is 9.07. The molecule has 0 saturated carbocycles. The number of hydrogen-bond acceptors (Lipinski definition) is 4. The Bertz CT molecular complexity index is 802. The van der Waals surface area contributed by atoms with E-state index in [0.29, 0.717) is 18.7 Å². The van der Waals surface area contributed by atoms with E-state index in [1.807, 2.05) is 4.90 Å². The number of nitrogens with zero attached hydrogens (tertiary/aromatic N) is 3. The first-order chi connectivity index (χ1) is 13.1. The predicted molar refractivity (Wildman–Crippen MR) is 99.8 cm³/mol. The number of piperazine rings is 1. The molecule has 1 fully saturated rings. The molecule has 1 saturated heterocycles. The van der Waals surface area contributed by atoms with Crippen molar-refractivity contribution in [3.8, 4) is 0 Å². The summed E-state index contributed by atoms with van der Waals surface area (Å²) in [5.41, 5.74) is 1.43. The lowest BCUT2D eigenvalue weighted by Crippen LogP contribution is -2.48. The van der Waals surface area contributed by atoms with Crippen molar-refractivity contribution in [3.63, 3.8) is 0 Å². The van der Waals surface area contributed by atoms with Gasteiger partial charge >= 0.3 is 0 Å². The molecule has 0 radical (unpaired) electrons. The normalized spacial score (nSPS) is 14.8. The lowest BCUT2D eigenvalue weighted by atomic mass is 10.1. The molecule has 0 spiro atoms. The minimum absolute atomic E-state index is 0.0827. The topological polar surface area (TPSA) is 65.5 Å². The van der Waals surface area contributed by atoms with Gasteiger partial charge in [0.15, 0.2) is 0 Å². The smallest absolute Gasteiger partial charge is 0.270 e. The Hall–Kier alpha value is -2.80. The molecule has 27 heavy (non-hydrogen) atoms. The van der Waals surface area contributed by atoms with Gasteiger partial charge in [0, 0.05) is 44.5 Å². The molecule has 2 aromatic rings. The summed E-state index contributed by atoms with van der Waals surface area (Å²) >= 11 is 0. The fourth-order valence-electron chi connectivity index (χ4n) is 3.01. The van der Waals surface area contributed by atoms with Gasteiger partial charge in [0.1, 0.15) is 11.5 Å². The number of pyridine rings is 1. The molecule has 7 heteroatoms. The van der Waals surface area contributed by atoms with Crippen molar-refractivity contribution >= 4 is 11.8 Å². The maximum atomic E-state index is 12.9. The minimum Gasteiger partial charge on any atom is -0.347 e. The second kappa shape index (κ2) is 8.73. The maximum absolute atomic E-state index is 12.9. The van der Waals surface area contributed by atoms with Gasteiger partial charge in [-0.05, 0) is 36.4 Å². The molecule has 0 aliphatic carbocycles. The highest BCUT2D eigenvalue weighted by atomic mass is 19.1. The number of halogens is 1. The third-order valence-electron chi connectivity index (χ3n) is 4.71. The molecule has 1 aliphatic heterocycles. The molecule has 2 heterocycles. The number of carbonyl (C=O) groups is 2. The molecule has 1 aromatic heterocycles. The zero-order chi connectivity index (χ0) is 19.2. The van der Waals surface area contributed by atoms with Gasteiger partial charge in [-0.2, -0.15) is 0 Å². The average molecular weight is 370 g/mol. The zero-order valence-corrected chi connectivity index (χ0v) is 15.3. The monoisotopic (exact) mass is 370 g/mol. The molecule has 1 aromatic carbocycles. The van der Waals surface area contributed by atoms with E-state index in [1.165, 1.54) is 24.4 Å². The molecular weight excluding hydrogens is 347 g/mol. The Morgan fingerprint density at radius 3 is 2.48 bits per heavy atom. The first-order valence-electron chi connectivity index (χ1n) is 9.07. The molecule has 1 aliphatic rings. The third-order valence-corrected chi connectivity index (χ3v) is 4.71. The number of amides is 2. The summed E-state index contributed by atoms with van der Waals surface area (Å²) < 4.78 is 12.9. The van der Waals surface area contributed by atoms with Gasteiger partial charge in [-0.15, -0.1) is 0 Å². The molecule has 142 valence electrons. The SMILES string of the molecule is CCN1CCN(C(=O)c2ccnc(C(=O)NCc3ccc(F)cc3)c2)CC1. The fourth-order valence-corrected chi connectivity index (χ4v) is 3.01. The summed E-state index contributed by atoms with van der Waals surface area (Å²) in [6.45, 7) is 6.43. The van der Waals surface area contributed by atoms with E-state index in [1.54, 1.807) is 18.2 Å². The van der Waals surface area contributed by atoms with Crippen LogP contribution in [0.15, 0.2) is 42.6 Å². The number of benzene rings is 1. The zero-order valence-electron chi connectivity index (χ0n) is 15.3. The summed E-state index contributed by atoms with van der Waals surface area (Å²) in [5, 5.41) is 2.74. The lowest BCUT2D eigenvalue weighted by molar-refractivity contribution is 0.0643. The van der Waals surface area contributed by atoms with E-state index in [0.717, 1.165) is 25.2 Å². The lowest BCUT2D eigenvalue weighted by Gasteiger charge is -2.34. The molecule has 0 unspecified atom stereocenters. The number of likely N-dealkylation sites (N-methyl/N-ethyl adjacent to an activating group) is 1. The molecule has 0 atom stereocenters. The Balaban J connectivity index is 1.61. The highest BCUT2D eigenvalue weighted by Gasteiger charge is 2.22. The van der Waals surface area contributed by atoms with Crippen LogP contribution in [-0.4, -0.2) is 59.3 Å². The third kappa shape index (κ3) is 4.89. The van der Waals surface area contributed by atoms with Crippen LogP contribution in [0.2, 0.25) is 0 Å². The molecule has 1 N–H and O–H groups in total. The number of carbonyl (C=O) groups excluding carboxylic acids is 2. The van der Waals surface area contributed by atoms with Crippen LogP contribution in [0, 0.1) is 5.82 Å². The van der Waals surface area contributed by atoms with Crippen molar-refractivity contribution < 1.29 is 14.0 Å². The second-order valence-corrected chi connectivity index (χ2v) is 6.47. The van der Waals surface area contributed by atoms with Crippen LogP contribution in [0.25, 0.3) is 0 Å². The minimum atomic E-state index is -0.371. The molecule has 0 bridgehead atoms. The van der Waals surface area contributed by atoms with Gasteiger partial charge in [-0.25, -0.2) is 4.39 Å². The van der Waals surface area contributed by atoms with E-state index >= 15 is 0 Å². The Morgan fingerprint density at radius 1 is 1.11 bits per heavy atom. The maximum Gasteiger partial charge on any atom is 0.270 e. The van der Waals surface area contributed by atoms with Gasteiger partial charge in [-0.3, -0.25) is 14.6 Å². The summed E-state index contributed by atoms with van der Waals surface area (Å²) in [5.74, 6) is -0.775. The van der Waals surface area contributed by atoms with Gasteiger partial charge in [0.25, 0.3) is 11.8 Å². The summed E-state index contributed by atoms with van der Waals surface area (Å²) in [6, 6.07) is 9.06.